The van der Waals surface area contributed by atoms with Gasteiger partial charge in [-0.25, -0.2) is 4.98 Å². The summed E-state index contributed by atoms with van der Waals surface area (Å²) in [4.78, 5) is 34.6. The summed E-state index contributed by atoms with van der Waals surface area (Å²) in [5, 5.41) is 1.60. The molecule has 1 aromatic heterocycles. The van der Waals surface area contributed by atoms with E-state index in [4.69, 9.17) is 23.2 Å². The largest absolute Gasteiger partial charge is 0.327 e. The summed E-state index contributed by atoms with van der Waals surface area (Å²) in [6.07, 6.45) is 0. The maximum absolute atomic E-state index is 13.2. The molecule has 4 aromatic rings. The Morgan fingerprint density at radius 2 is 1.67 bits per heavy atom. The van der Waals surface area contributed by atoms with Crippen molar-refractivity contribution in [2.24, 2.45) is 0 Å². The Labute approximate surface area is 182 Å². The highest BCUT2D eigenvalue weighted by atomic mass is 35.5. The number of hydrogen-bond acceptors (Lipinski definition) is 3. The number of carbonyl (C=O) groups excluding carboxylic acids is 1. The Bertz CT molecular complexity index is 1270. The van der Waals surface area contributed by atoms with Gasteiger partial charge in [0.05, 0.1) is 17.4 Å². The van der Waals surface area contributed by atoms with E-state index in [9.17, 15) is 9.59 Å². The average molecular weight is 438 g/mol. The van der Waals surface area contributed by atoms with Crippen molar-refractivity contribution in [3.8, 4) is 0 Å². The second-order valence-corrected chi connectivity index (χ2v) is 7.70. The van der Waals surface area contributed by atoms with E-state index in [0.717, 1.165) is 5.56 Å². The van der Waals surface area contributed by atoms with E-state index < -0.39 is 0 Å². The van der Waals surface area contributed by atoms with Crippen molar-refractivity contribution in [1.82, 2.24) is 14.9 Å². The minimum absolute atomic E-state index is 0.133. The van der Waals surface area contributed by atoms with E-state index >= 15 is 0 Å². The standard InChI is InChI=1S/C23H17Cl2N3O2/c24-17-10-8-15(9-11-17)13-28(23(30)16-4-3-5-18(25)12-16)14-21-26-20-7-2-1-6-19(20)22(29)27-21/h1-12H,13-14H2,(H,26,27,29). The van der Waals surface area contributed by atoms with Gasteiger partial charge >= 0.3 is 0 Å². The molecule has 150 valence electrons. The zero-order chi connectivity index (χ0) is 21.1. The Kier molecular flexibility index (Phi) is 5.84. The van der Waals surface area contributed by atoms with Gasteiger partial charge < -0.3 is 9.88 Å². The van der Waals surface area contributed by atoms with E-state index in [2.05, 4.69) is 9.97 Å². The summed E-state index contributed by atoms with van der Waals surface area (Å²) in [6, 6.07) is 21.1. The molecule has 0 aliphatic heterocycles. The molecule has 0 atom stereocenters. The molecule has 30 heavy (non-hydrogen) atoms. The SMILES string of the molecule is O=C(c1cccc(Cl)c1)N(Cc1ccc(Cl)cc1)Cc1nc2ccccc2c(=O)[nH]1. The number of benzene rings is 3. The first-order chi connectivity index (χ1) is 14.5. The van der Waals surface area contributed by atoms with Crippen LogP contribution in [0.5, 0.6) is 0 Å². The summed E-state index contributed by atoms with van der Waals surface area (Å²) in [5.74, 6) is 0.186. The molecule has 0 aliphatic rings. The van der Waals surface area contributed by atoms with Gasteiger partial charge in [-0.1, -0.05) is 53.5 Å². The molecule has 0 saturated heterocycles. The smallest absolute Gasteiger partial charge is 0.258 e. The van der Waals surface area contributed by atoms with E-state index in [0.29, 0.717) is 38.9 Å². The highest BCUT2D eigenvalue weighted by molar-refractivity contribution is 6.31. The Hall–Kier alpha value is -3.15. The van der Waals surface area contributed by atoms with Crippen LogP contribution in [0.25, 0.3) is 10.9 Å². The number of hydrogen-bond donors (Lipinski definition) is 1. The van der Waals surface area contributed by atoms with Crippen LogP contribution >= 0.6 is 23.2 Å². The van der Waals surface area contributed by atoms with Gasteiger partial charge in [-0.05, 0) is 48.0 Å². The number of aromatic amines is 1. The van der Waals surface area contributed by atoms with Gasteiger partial charge in [0.15, 0.2) is 0 Å². The first-order valence-corrected chi connectivity index (χ1v) is 10.0. The molecule has 1 N–H and O–H groups in total. The molecule has 7 heteroatoms. The van der Waals surface area contributed by atoms with Gasteiger partial charge in [-0.2, -0.15) is 0 Å². The van der Waals surface area contributed by atoms with Gasteiger partial charge in [0.2, 0.25) is 0 Å². The molecule has 0 bridgehead atoms. The van der Waals surface area contributed by atoms with E-state index in [-0.39, 0.29) is 18.0 Å². The molecule has 0 radical (unpaired) electrons. The first kappa shape index (κ1) is 20.1. The number of amides is 1. The van der Waals surface area contributed by atoms with Crippen molar-refractivity contribution in [1.29, 1.82) is 0 Å². The molecular weight excluding hydrogens is 421 g/mol. The second-order valence-electron chi connectivity index (χ2n) is 6.83. The highest BCUT2D eigenvalue weighted by Crippen LogP contribution is 2.18. The van der Waals surface area contributed by atoms with Crippen LogP contribution in [0.15, 0.2) is 77.6 Å². The molecule has 0 aliphatic carbocycles. The molecule has 0 spiro atoms. The minimum atomic E-state index is -0.239. The van der Waals surface area contributed by atoms with Crippen molar-refractivity contribution >= 4 is 40.0 Å². The first-order valence-electron chi connectivity index (χ1n) is 9.27. The third-order valence-electron chi connectivity index (χ3n) is 4.65. The Morgan fingerprint density at radius 1 is 0.900 bits per heavy atom. The Balaban J connectivity index is 1.70. The minimum Gasteiger partial charge on any atom is -0.327 e. The topological polar surface area (TPSA) is 66.1 Å². The van der Waals surface area contributed by atoms with Crippen molar-refractivity contribution in [2.75, 3.05) is 0 Å². The van der Waals surface area contributed by atoms with Crippen LogP contribution in [0.4, 0.5) is 0 Å². The summed E-state index contributed by atoms with van der Waals surface area (Å²) < 4.78 is 0. The van der Waals surface area contributed by atoms with Crippen LogP contribution in [0.3, 0.4) is 0 Å². The van der Waals surface area contributed by atoms with E-state index in [1.54, 1.807) is 59.5 Å². The molecule has 0 fully saturated rings. The number of para-hydroxylation sites is 1. The van der Waals surface area contributed by atoms with Crippen molar-refractivity contribution in [2.45, 2.75) is 13.1 Å². The van der Waals surface area contributed by atoms with Gasteiger partial charge in [0, 0.05) is 22.2 Å². The fourth-order valence-electron chi connectivity index (χ4n) is 3.20. The lowest BCUT2D eigenvalue weighted by Crippen LogP contribution is -2.31. The number of aromatic nitrogens is 2. The molecule has 0 unspecified atom stereocenters. The zero-order valence-corrected chi connectivity index (χ0v) is 17.3. The number of carbonyl (C=O) groups is 1. The van der Waals surface area contributed by atoms with Gasteiger partial charge in [-0.3, -0.25) is 9.59 Å². The lowest BCUT2D eigenvalue weighted by atomic mass is 10.1. The van der Waals surface area contributed by atoms with Crippen LogP contribution in [-0.4, -0.2) is 20.8 Å². The average Bonchev–Trinajstić information content (AvgIpc) is 2.74. The molecule has 3 aromatic carbocycles. The van der Waals surface area contributed by atoms with E-state index in [1.165, 1.54) is 0 Å². The van der Waals surface area contributed by atoms with E-state index in [1.807, 2.05) is 18.2 Å². The maximum Gasteiger partial charge on any atom is 0.258 e. The van der Waals surface area contributed by atoms with Crippen LogP contribution in [0.2, 0.25) is 10.0 Å². The van der Waals surface area contributed by atoms with Crippen LogP contribution < -0.4 is 5.56 Å². The normalized spacial score (nSPS) is 10.9. The number of halogens is 2. The van der Waals surface area contributed by atoms with Crippen molar-refractivity contribution in [3.05, 3.63) is 110 Å². The number of nitrogens with one attached hydrogen (secondary N) is 1. The predicted octanol–water partition coefficient (Wildman–Crippen LogP) is 5.07. The second kappa shape index (κ2) is 8.69. The van der Waals surface area contributed by atoms with Gasteiger partial charge in [-0.15, -0.1) is 0 Å². The predicted molar refractivity (Wildman–Crippen MR) is 119 cm³/mol. The van der Waals surface area contributed by atoms with Gasteiger partial charge in [0.1, 0.15) is 5.82 Å². The van der Waals surface area contributed by atoms with Gasteiger partial charge in [0.25, 0.3) is 11.5 Å². The molecule has 1 amide bonds. The lowest BCUT2D eigenvalue weighted by molar-refractivity contribution is 0.0725. The molecular formula is C23H17Cl2N3O2. The number of fused-ring (bicyclic) bond motifs is 1. The van der Waals surface area contributed by atoms with Crippen molar-refractivity contribution < 1.29 is 4.79 Å². The fraction of sp³-hybridized carbons (Fsp3) is 0.0870. The molecule has 1 heterocycles. The summed E-state index contributed by atoms with van der Waals surface area (Å²) in [5.41, 5.74) is 1.70. The quantitative estimate of drug-likeness (QED) is 0.473. The molecule has 0 saturated carbocycles. The lowest BCUT2D eigenvalue weighted by Gasteiger charge is -2.23. The molecule has 5 nitrogen and oxygen atoms in total. The summed E-state index contributed by atoms with van der Waals surface area (Å²) in [7, 11) is 0. The Morgan fingerprint density at radius 3 is 2.43 bits per heavy atom. The monoisotopic (exact) mass is 437 g/mol. The number of nitrogens with zero attached hydrogens (tertiary/aromatic N) is 2. The fourth-order valence-corrected chi connectivity index (χ4v) is 3.52. The third-order valence-corrected chi connectivity index (χ3v) is 5.14. The van der Waals surface area contributed by atoms with Crippen molar-refractivity contribution in [3.63, 3.8) is 0 Å². The van der Waals surface area contributed by atoms with Crippen LogP contribution in [-0.2, 0) is 13.1 Å². The number of H-pyrrole nitrogens is 1. The molecule has 4 rings (SSSR count). The summed E-state index contributed by atoms with van der Waals surface area (Å²) >= 11 is 12.1. The van der Waals surface area contributed by atoms with Crippen LogP contribution in [0.1, 0.15) is 21.7 Å². The maximum atomic E-state index is 13.2. The summed E-state index contributed by atoms with van der Waals surface area (Å²) in [6.45, 7) is 0.451. The third kappa shape index (κ3) is 4.53. The van der Waals surface area contributed by atoms with Crippen LogP contribution in [0, 0.1) is 0 Å². The zero-order valence-electron chi connectivity index (χ0n) is 15.8. The number of rotatable bonds is 5. The highest BCUT2D eigenvalue weighted by Gasteiger charge is 2.19.